The molecule has 4 heteroatoms. The van der Waals surface area contributed by atoms with Gasteiger partial charge in [-0.1, -0.05) is 18.2 Å². The van der Waals surface area contributed by atoms with E-state index in [1.54, 1.807) is 6.08 Å². The van der Waals surface area contributed by atoms with Crippen LogP contribution in [0.3, 0.4) is 0 Å². The first-order valence-electron chi connectivity index (χ1n) is 5.97. The standard InChI is InChI=1S/C14H20N2O2/c1-3-5-13(15)14(17)16-8-9-18-12-7-4-6-11(2)10-12/h3-4,6-7,10,13H,1,5,8-9,15H2,2H3,(H,16,17). The molecule has 0 aliphatic rings. The minimum atomic E-state index is -0.526. The number of amides is 1. The molecule has 0 radical (unpaired) electrons. The third kappa shape index (κ3) is 5.01. The zero-order valence-electron chi connectivity index (χ0n) is 10.7. The maximum Gasteiger partial charge on any atom is 0.237 e. The number of rotatable bonds is 7. The molecule has 0 heterocycles. The van der Waals surface area contributed by atoms with Gasteiger partial charge in [0.05, 0.1) is 12.6 Å². The van der Waals surface area contributed by atoms with E-state index in [0.717, 1.165) is 11.3 Å². The summed E-state index contributed by atoms with van der Waals surface area (Å²) in [5.41, 5.74) is 6.76. The summed E-state index contributed by atoms with van der Waals surface area (Å²) in [6.07, 6.45) is 2.11. The lowest BCUT2D eigenvalue weighted by molar-refractivity contribution is -0.122. The van der Waals surface area contributed by atoms with Gasteiger partial charge >= 0.3 is 0 Å². The fourth-order valence-corrected chi connectivity index (χ4v) is 1.47. The van der Waals surface area contributed by atoms with Gasteiger partial charge in [0, 0.05) is 0 Å². The number of aryl methyl sites for hydroxylation is 1. The third-order valence-corrected chi connectivity index (χ3v) is 2.42. The number of hydrogen-bond acceptors (Lipinski definition) is 3. The molecule has 0 aliphatic heterocycles. The Bertz CT molecular complexity index is 405. The van der Waals surface area contributed by atoms with Crippen molar-refractivity contribution in [3.8, 4) is 5.75 Å². The van der Waals surface area contributed by atoms with Gasteiger partial charge in [0.1, 0.15) is 12.4 Å². The minimum absolute atomic E-state index is 0.178. The van der Waals surface area contributed by atoms with E-state index >= 15 is 0 Å². The van der Waals surface area contributed by atoms with Crippen molar-refractivity contribution in [2.45, 2.75) is 19.4 Å². The molecule has 0 bridgehead atoms. The molecule has 0 aliphatic carbocycles. The number of carbonyl (C=O) groups is 1. The van der Waals surface area contributed by atoms with Gasteiger partial charge in [-0.05, 0) is 31.0 Å². The number of ether oxygens (including phenoxy) is 1. The summed E-state index contributed by atoms with van der Waals surface area (Å²) in [4.78, 5) is 11.5. The molecule has 1 unspecified atom stereocenters. The van der Waals surface area contributed by atoms with Crippen molar-refractivity contribution in [3.05, 3.63) is 42.5 Å². The molecule has 0 saturated carbocycles. The molecule has 0 fully saturated rings. The second-order valence-corrected chi connectivity index (χ2v) is 4.09. The van der Waals surface area contributed by atoms with Crippen molar-refractivity contribution >= 4 is 5.91 Å². The van der Waals surface area contributed by atoms with Crippen LogP contribution in [0, 0.1) is 6.92 Å². The van der Waals surface area contributed by atoms with Crippen LogP contribution >= 0.6 is 0 Å². The van der Waals surface area contributed by atoms with Gasteiger partial charge in [0.25, 0.3) is 0 Å². The smallest absolute Gasteiger partial charge is 0.237 e. The van der Waals surface area contributed by atoms with E-state index in [1.165, 1.54) is 0 Å². The van der Waals surface area contributed by atoms with E-state index in [0.29, 0.717) is 19.6 Å². The Hall–Kier alpha value is -1.81. The Morgan fingerprint density at radius 1 is 1.61 bits per heavy atom. The zero-order chi connectivity index (χ0) is 13.4. The van der Waals surface area contributed by atoms with Crippen molar-refractivity contribution < 1.29 is 9.53 Å². The summed E-state index contributed by atoms with van der Waals surface area (Å²) in [7, 11) is 0. The lowest BCUT2D eigenvalue weighted by atomic mass is 10.2. The van der Waals surface area contributed by atoms with E-state index < -0.39 is 6.04 Å². The summed E-state index contributed by atoms with van der Waals surface area (Å²) in [6.45, 7) is 6.41. The quantitative estimate of drug-likeness (QED) is 0.566. The Balaban J connectivity index is 2.22. The maximum absolute atomic E-state index is 11.5. The maximum atomic E-state index is 11.5. The van der Waals surface area contributed by atoms with Crippen LogP contribution in [0.1, 0.15) is 12.0 Å². The summed E-state index contributed by atoms with van der Waals surface area (Å²) in [5.74, 6) is 0.627. The normalized spacial score (nSPS) is 11.7. The lowest BCUT2D eigenvalue weighted by Crippen LogP contribution is -2.41. The molecule has 0 spiro atoms. The highest BCUT2D eigenvalue weighted by atomic mass is 16.5. The van der Waals surface area contributed by atoms with Gasteiger partial charge in [0.15, 0.2) is 0 Å². The van der Waals surface area contributed by atoms with Crippen LogP contribution in [0.4, 0.5) is 0 Å². The number of benzene rings is 1. The Morgan fingerprint density at radius 2 is 2.39 bits per heavy atom. The fraction of sp³-hybridized carbons (Fsp3) is 0.357. The predicted molar refractivity (Wildman–Crippen MR) is 72.5 cm³/mol. The van der Waals surface area contributed by atoms with Crippen molar-refractivity contribution in [2.75, 3.05) is 13.2 Å². The fourth-order valence-electron chi connectivity index (χ4n) is 1.47. The minimum Gasteiger partial charge on any atom is -0.492 e. The number of nitrogens with two attached hydrogens (primary N) is 1. The van der Waals surface area contributed by atoms with Crippen LogP contribution in [0.15, 0.2) is 36.9 Å². The third-order valence-electron chi connectivity index (χ3n) is 2.42. The first-order valence-corrected chi connectivity index (χ1v) is 5.97. The summed E-state index contributed by atoms with van der Waals surface area (Å²) >= 11 is 0. The second kappa shape index (κ2) is 7.50. The Labute approximate surface area is 108 Å². The highest BCUT2D eigenvalue weighted by molar-refractivity contribution is 5.81. The SMILES string of the molecule is C=CCC(N)C(=O)NCCOc1cccc(C)c1. The molecule has 1 rings (SSSR count). The Morgan fingerprint density at radius 3 is 3.06 bits per heavy atom. The zero-order valence-corrected chi connectivity index (χ0v) is 10.7. The van der Waals surface area contributed by atoms with E-state index in [-0.39, 0.29) is 5.91 Å². The number of hydrogen-bond donors (Lipinski definition) is 2. The molecule has 18 heavy (non-hydrogen) atoms. The first kappa shape index (κ1) is 14.3. The first-order chi connectivity index (χ1) is 8.63. The molecule has 3 N–H and O–H groups in total. The van der Waals surface area contributed by atoms with Crippen molar-refractivity contribution in [1.29, 1.82) is 0 Å². The van der Waals surface area contributed by atoms with Crippen molar-refractivity contribution in [3.63, 3.8) is 0 Å². The Kier molecular flexibility index (Phi) is 5.94. The molecule has 1 amide bonds. The average molecular weight is 248 g/mol. The number of nitrogens with one attached hydrogen (secondary N) is 1. The van der Waals surface area contributed by atoms with E-state index in [1.807, 2.05) is 31.2 Å². The van der Waals surface area contributed by atoms with Crippen LogP contribution in [0.25, 0.3) is 0 Å². The van der Waals surface area contributed by atoms with Gasteiger partial charge in [-0.3, -0.25) is 4.79 Å². The van der Waals surface area contributed by atoms with Gasteiger partial charge in [-0.2, -0.15) is 0 Å². The van der Waals surface area contributed by atoms with Gasteiger partial charge in [0.2, 0.25) is 5.91 Å². The molecule has 0 aromatic heterocycles. The van der Waals surface area contributed by atoms with Crippen molar-refractivity contribution in [2.24, 2.45) is 5.73 Å². The van der Waals surface area contributed by atoms with Gasteiger partial charge < -0.3 is 15.8 Å². The molecule has 0 saturated heterocycles. The van der Waals surface area contributed by atoms with Crippen LogP contribution in [0.5, 0.6) is 5.75 Å². The second-order valence-electron chi connectivity index (χ2n) is 4.09. The molecule has 4 nitrogen and oxygen atoms in total. The molecular formula is C14H20N2O2. The highest BCUT2D eigenvalue weighted by Crippen LogP contribution is 2.11. The van der Waals surface area contributed by atoms with Crippen LogP contribution in [-0.4, -0.2) is 25.1 Å². The van der Waals surface area contributed by atoms with Crippen molar-refractivity contribution in [1.82, 2.24) is 5.32 Å². The molecule has 1 atom stereocenters. The highest BCUT2D eigenvalue weighted by Gasteiger charge is 2.10. The van der Waals surface area contributed by atoms with Gasteiger partial charge in [-0.15, -0.1) is 6.58 Å². The summed E-state index contributed by atoms with van der Waals surface area (Å²) < 4.78 is 5.50. The summed E-state index contributed by atoms with van der Waals surface area (Å²) in [5, 5.41) is 2.72. The summed E-state index contributed by atoms with van der Waals surface area (Å²) in [6, 6.07) is 7.25. The average Bonchev–Trinajstić information content (AvgIpc) is 2.35. The molecular weight excluding hydrogens is 228 g/mol. The van der Waals surface area contributed by atoms with Crippen LogP contribution in [0.2, 0.25) is 0 Å². The number of carbonyl (C=O) groups excluding carboxylic acids is 1. The van der Waals surface area contributed by atoms with E-state index in [9.17, 15) is 4.79 Å². The van der Waals surface area contributed by atoms with E-state index in [4.69, 9.17) is 10.5 Å². The topological polar surface area (TPSA) is 64.4 Å². The molecule has 98 valence electrons. The van der Waals surface area contributed by atoms with Crippen LogP contribution in [-0.2, 0) is 4.79 Å². The van der Waals surface area contributed by atoms with Gasteiger partial charge in [-0.25, -0.2) is 0 Å². The largest absolute Gasteiger partial charge is 0.492 e. The monoisotopic (exact) mass is 248 g/mol. The van der Waals surface area contributed by atoms with E-state index in [2.05, 4.69) is 11.9 Å². The predicted octanol–water partition coefficient (Wildman–Crippen LogP) is 1.39. The lowest BCUT2D eigenvalue weighted by Gasteiger charge is -2.11. The van der Waals surface area contributed by atoms with Crippen LogP contribution < -0.4 is 15.8 Å². The molecule has 1 aromatic rings. The molecule has 1 aromatic carbocycles.